The summed E-state index contributed by atoms with van der Waals surface area (Å²) in [7, 11) is 3.32. The van der Waals surface area contributed by atoms with Crippen LogP contribution in [0.5, 0.6) is 0 Å². The number of hydrogen-bond donors (Lipinski definition) is 2. The van der Waals surface area contributed by atoms with E-state index in [1.54, 1.807) is 32.3 Å². The lowest BCUT2D eigenvalue weighted by molar-refractivity contribution is -0.120. The van der Waals surface area contributed by atoms with Crippen molar-refractivity contribution in [1.82, 2.24) is 4.90 Å². The van der Waals surface area contributed by atoms with Crippen LogP contribution in [0.4, 0.5) is 5.69 Å². The van der Waals surface area contributed by atoms with Crippen LogP contribution in [0.25, 0.3) is 0 Å². The van der Waals surface area contributed by atoms with E-state index < -0.39 is 5.41 Å². The number of anilines is 1. The van der Waals surface area contributed by atoms with Gasteiger partial charge in [0.05, 0.1) is 16.7 Å². The van der Waals surface area contributed by atoms with Crippen molar-refractivity contribution in [2.45, 2.75) is 12.8 Å². The number of nitrogens with two attached hydrogens (primary N) is 1. The van der Waals surface area contributed by atoms with E-state index in [2.05, 4.69) is 5.32 Å². The Bertz CT molecular complexity index is 553. The summed E-state index contributed by atoms with van der Waals surface area (Å²) in [6.07, 6.45) is 1.57. The van der Waals surface area contributed by atoms with Crippen molar-refractivity contribution in [3.8, 4) is 0 Å². The fourth-order valence-electron chi connectivity index (χ4n) is 1.98. The molecule has 0 bridgehead atoms. The number of benzene rings is 1. The Morgan fingerprint density at radius 1 is 1.40 bits per heavy atom. The zero-order chi connectivity index (χ0) is 14.9. The molecule has 0 aromatic heterocycles. The first-order valence-corrected chi connectivity index (χ1v) is 6.80. The third kappa shape index (κ3) is 2.78. The molecular formula is C14H18ClN3O2. The van der Waals surface area contributed by atoms with Gasteiger partial charge in [-0.25, -0.2) is 0 Å². The predicted octanol–water partition coefficient (Wildman–Crippen LogP) is 1.72. The summed E-state index contributed by atoms with van der Waals surface area (Å²) >= 11 is 5.95. The fourth-order valence-corrected chi connectivity index (χ4v) is 2.15. The summed E-state index contributed by atoms with van der Waals surface area (Å²) in [5.74, 6) is -0.329. The molecule has 3 N–H and O–H groups in total. The Morgan fingerprint density at radius 3 is 2.55 bits per heavy atom. The molecule has 1 aromatic carbocycles. The molecule has 0 radical (unpaired) electrons. The van der Waals surface area contributed by atoms with Gasteiger partial charge in [0.15, 0.2) is 0 Å². The second-order valence-corrected chi connectivity index (χ2v) is 5.76. The van der Waals surface area contributed by atoms with E-state index in [9.17, 15) is 9.59 Å². The lowest BCUT2D eigenvalue weighted by Crippen LogP contribution is -2.32. The number of rotatable bonds is 4. The molecule has 2 rings (SSSR count). The molecule has 0 atom stereocenters. The first kappa shape index (κ1) is 14.8. The van der Waals surface area contributed by atoms with Gasteiger partial charge in [-0.1, -0.05) is 11.6 Å². The summed E-state index contributed by atoms with van der Waals surface area (Å²) in [6, 6.07) is 4.83. The number of nitrogens with one attached hydrogen (secondary N) is 1. The number of carbonyl (C=O) groups excluding carboxylic acids is 2. The van der Waals surface area contributed by atoms with E-state index >= 15 is 0 Å². The molecule has 108 valence electrons. The molecule has 1 aliphatic carbocycles. The maximum Gasteiger partial charge on any atom is 0.255 e. The molecule has 0 saturated heterocycles. The second kappa shape index (κ2) is 5.42. The van der Waals surface area contributed by atoms with Crippen molar-refractivity contribution in [3.63, 3.8) is 0 Å². The van der Waals surface area contributed by atoms with Gasteiger partial charge in [0.1, 0.15) is 0 Å². The standard InChI is InChI=1S/C14H18ClN3O2/c1-18(2)12(19)10-4-3-9(15)7-11(10)17-13(20)14(8-16)5-6-14/h3-4,7H,5-6,8,16H2,1-2H3,(H,17,20). The molecule has 0 aliphatic heterocycles. The second-order valence-electron chi connectivity index (χ2n) is 5.33. The van der Waals surface area contributed by atoms with Crippen LogP contribution >= 0.6 is 11.6 Å². The molecular weight excluding hydrogens is 278 g/mol. The Morgan fingerprint density at radius 2 is 2.05 bits per heavy atom. The predicted molar refractivity (Wildman–Crippen MR) is 78.8 cm³/mol. The summed E-state index contributed by atoms with van der Waals surface area (Å²) in [4.78, 5) is 25.8. The van der Waals surface area contributed by atoms with Crippen LogP contribution < -0.4 is 11.1 Å². The van der Waals surface area contributed by atoms with Gasteiger partial charge in [-0.2, -0.15) is 0 Å². The molecule has 1 saturated carbocycles. The summed E-state index contributed by atoms with van der Waals surface area (Å²) in [5.41, 5.74) is 6.01. The molecule has 2 amide bonds. The van der Waals surface area contributed by atoms with Crippen LogP contribution in [0.3, 0.4) is 0 Å². The Labute approximate surface area is 123 Å². The van der Waals surface area contributed by atoms with Crippen LogP contribution in [0.2, 0.25) is 5.02 Å². The van der Waals surface area contributed by atoms with Gasteiger partial charge in [0.2, 0.25) is 5.91 Å². The highest BCUT2D eigenvalue weighted by atomic mass is 35.5. The third-order valence-corrected chi connectivity index (χ3v) is 3.83. The normalized spacial score (nSPS) is 15.6. The number of hydrogen-bond acceptors (Lipinski definition) is 3. The third-order valence-electron chi connectivity index (χ3n) is 3.59. The fraction of sp³-hybridized carbons (Fsp3) is 0.429. The van der Waals surface area contributed by atoms with Crippen molar-refractivity contribution < 1.29 is 9.59 Å². The van der Waals surface area contributed by atoms with E-state index in [1.165, 1.54) is 4.90 Å². The molecule has 20 heavy (non-hydrogen) atoms. The van der Waals surface area contributed by atoms with Crippen molar-refractivity contribution >= 4 is 29.1 Å². The number of nitrogens with zero attached hydrogens (tertiary/aromatic N) is 1. The summed E-state index contributed by atoms with van der Waals surface area (Å²) in [6.45, 7) is 0.316. The quantitative estimate of drug-likeness (QED) is 0.888. The molecule has 0 spiro atoms. The van der Waals surface area contributed by atoms with E-state index in [-0.39, 0.29) is 11.8 Å². The Kier molecular flexibility index (Phi) is 4.01. The van der Waals surface area contributed by atoms with E-state index in [1.807, 2.05) is 0 Å². The zero-order valence-electron chi connectivity index (χ0n) is 11.6. The van der Waals surface area contributed by atoms with Gasteiger partial charge in [0.25, 0.3) is 5.91 Å². The molecule has 0 unspecified atom stereocenters. The van der Waals surface area contributed by atoms with Crippen molar-refractivity contribution in [2.75, 3.05) is 26.0 Å². The molecule has 1 aromatic rings. The van der Waals surface area contributed by atoms with Gasteiger partial charge in [-0.15, -0.1) is 0 Å². The average molecular weight is 296 g/mol. The van der Waals surface area contributed by atoms with Crippen LogP contribution in [0.1, 0.15) is 23.2 Å². The molecule has 5 nitrogen and oxygen atoms in total. The first-order valence-electron chi connectivity index (χ1n) is 6.42. The van der Waals surface area contributed by atoms with Gasteiger partial charge in [-0.3, -0.25) is 9.59 Å². The maximum atomic E-state index is 12.2. The summed E-state index contributed by atoms with van der Waals surface area (Å²) in [5, 5.41) is 3.26. The van der Waals surface area contributed by atoms with E-state index in [0.29, 0.717) is 22.8 Å². The van der Waals surface area contributed by atoms with E-state index in [4.69, 9.17) is 17.3 Å². The highest BCUT2D eigenvalue weighted by molar-refractivity contribution is 6.31. The number of amides is 2. The van der Waals surface area contributed by atoms with Crippen molar-refractivity contribution in [1.29, 1.82) is 0 Å². The minimum atomic E-state index is -0.471. The monoisotopic (exact) mass is 295 g/mol. The maximum absolute atomic E-state index is 12.2. The highest BCUT2D eigenvalue weighted by Gasteiger charge is 2.48. The Balaban J connectivity index is 2.28. The topological polar surface area (TPSA) is 75.4 Å². The van der Waals surface area contributed by atoms with Gasteiger partial charge < -0.3 is 16.0 Å². The molecule has 6 heteroatoms. The van der Waals surface area contributed by atoms with Crippen molar-refractivity contribution in [3.05, 3.63) is 28.8 Å². The average Bonchev–Trinajstić information content (AvgIpc) is 3.19. The summed E-state index contributed by atoms with van der Waals surface area (Å²) < 4.78 is 0. The smallest absolute Gasteiger partial charge is 0.255 e. The van der Waals surface area contributed by atoms with Gasteiger partial charge in [0, 0.05) is 25.7 Å². The lowest BCUT2D eigenvalue weighted by atomic mass is 10.1. The van der Waals surface area contributed by atoms with Crippen molar-refractivity contribution in [2.24, 2.45) is 11.1 Å². The van der Waals surface area contributed by atoms with Crippen LogP contribution in [-0.4, -0.2) is 37.4 Å². The zero-order valence-corrected chi connectivity index (χ0v) is 12.3. The Hall–Kier alpha value is -1.59. The van der Waals surface area contributed by atoms with Crippen LogP contribution in [0.15, 0.2) is 18.2 Å². The highest BCUT2D eigenvalue weighted by Crippen LogP contribution is 2.45. The van der Waals surface area contributed by atoms with Gasteiger partial charge >= 0.3 is 0 Å². The molecule has 1 aliphatic rings. The minimum absolute atomic E-state index is 0.143. The largest absolute Gasteiger partial charge is 0.345 e. The van der Waals surface area contributed by atoms with Gasteiger partial charge in [-0.05, 0) is 31.0 Å². The SMILES string of the molecule is CN(C)C(=O)c1ccc(Cl)cc1NC(=O)C1(CN)CC1. The van der Waals surface area contributed by atoms with Crippen LogP contribution in [0, 0.1) is 5.41 Å². The number of halogens is 1. The first-order chi connectivity index (χ1) is 9.39. The van der Waals surface area contributed by atoms with Crippen LogP contribution in [-0.2, 0) is 4.79 Å². The lowest BCUT2D eigenvalue weighted by Gasteiger charge is -2.17. The molecule has 1 fully saturated rings. The van der Waals surface area contributed by atoms with E-state index in [0.717, 1.165) is 12.8 Å². The minimum Gasteiger partial charge on any atom is -0.345 e. The number of carbonyl (C=O) groups is 2. The molecule has 0 heterocycles.